The molecule has 13 heavy (non-hydrogen) atoms. The molecule has 0 aliphatic rings. The zero-order valence-electron chi connectivity index (χ0n) is 8.84. The molecule has 0 aromatic rings. The first-order chi connectivity index (χ1) is 6.26. The largest absolute Gasteiger partial charge is 0.345 e. The normalized spacial score (nSPS) is 12.5. The van der Waals surface area contributed by atoms with Gasteiger partial charge < -0.3 is 0 Å². The molecule has 0 N–H and O–H groups in total. The lowest BCUT2D eigenvalue weighted by atomic mass is 10.00. The van der Waals surface area contributed by atoms with E-state index in [0.717, 1.165) is 25.7 Å². The molecule has 1 unspecified atom stereocenters. The third kappa shape index (κ3) is 5.64. The van der Waals surface area contributed by atoms with Crippen molar-refractivity contribution in [2.45, 2.75) is 46.5 Å². The zero-order valence-corrected chi connectivity index (χ0v) is 8.84. The van der Waals surface area contributed by atoms with Gasteiger partial charge in [0.15, 0.2) is 0 Å². The van der Waals surface area contributed by atoms with Crippen molar-refractivity contribution in [2.24, 2.45) is 5.92 Å². The fourth-order valence-corrected chi connectivity index (χ4v) is 1.12. The lowest BCUT2D eigenvalue weighted by Crippen LogP contribution is -2.17. The van der Waals surface area contributed by atoms with Gasteiger partial charge in [-0.2, -0.15) is 4.89 Å². The van der Waals surface area contributed by atoms with E-state index < -0.39 is 0 Å². The topological polar surface area (TPSA) is 35.5 Å². The molecular formula is C10H20O3. The highest BCUT2D eigenvalue weighted by Crippen LogP contribution is 2.14. The van der Waals surface area contributed by atoms with E-state index in [0.29, 0.717) is 6.61 Å². The van der Waals surface area contributed by atoms with Crippen LogP contribution in [-0.4, -0.2) is 12.6 Å². The van der Waals surface area contributed by atoms with Crippen LogP contribution >= 0.6 is 0 Å². The lowest BCUT2D eigenvalue weighted by Gasteiger charge is -2.11. The monoisotopic (exact) mass is 188 g/mol. The molecule has 0 saturated carbocycles. The van der Waals surface area contributed by atoms with Crippen LogP contribution in [0, 0.1) is 5.92 Å². The Morgan fingerprint density at radius 1 is 1.31 bits per heavy atom. The number of carbonyl (C=O) groups excluding carboxylic acids is 1. The number of carbonyl (C=O) groups is 1. The van der Waals surface area contributed by atoms with Gasteiger partial charge in [0.05, 0.1) is 12.5 Å². The molecule has 78 valence electrons. The van der Waals surface area contributed by atoms with E-state index in [1.165, 1.54) is 0 Å². The number of hydrogen-bond acceptors (Lipinski definition) is 3. The summed E-state index contributed by atoms with van der Waals surface area (Å²) < 4.78 is 0. The van der Waals surface area contributed by atoms with E-state index in [4.69, 9.17) is 0 Å². The Balaban J connectivity index is 3.71. The number of rotatable bonds is 7. The van der Waals surface area contributed by atoms with Crippen molar-refractivity contribution in [2.75, 3.05) is 6.61 Å². The molecule has 0 aliphatic carbocycles. The van der Waals surface area contributed by atoms with Crippen LogP contribution in [-0.2, 0) is 14.6 Å². The summed E-state index contributed by atoms with van der Waals surface area (Å²) in [6, 6.07) is 0. The van der Waals surface area contributed by atoms with Gasteiger partial charge in [-0.05, 0) is 19.8 Å². The minimum atomic E-state index is -0.224. The summed E-state index contributed by atoms with van der Waals surface area (Å²) in [6.07, 6.45) is 3.91. The average Bonchev–Trinajstić information content (AvgIpc) is 2.16. The van der Waals surface area contributed by atoms with Crippen molar-refractivity contribution in [3.8, 4) is 0 Å². The van der Waals surface area contributed by atoms with Crippen molar-refractivity contribution >= 4 is 5.97 Å². The lowest BCUT2D eigenvalue weighted by molar-refractivity contribution is -0.273. The molecule has 0 bridgehead atoms. The first kappa shape index (κ1) is 12.4. The summed E-state index contributed by atoms with van der Waals surface area (Å²) in [5, 5.41) is 0. The predicted molar refractivity (Wildman–Crippen MR) is 51.0 cm³/mol. The Morgan fingerprint density at radius 3 is 2.46 bits per heavy atom. The maximum Gasteiger partial charge on any atom is 0.345 e. The third-order valence-corrected chi connectivity index (χ3v) is 1.99. The number of unbranched alkanes of at least 4 members (excludes halogenated alkanes) is 1. The summed E-state index contributed by atoms with van der Waals surface area (Å²) in [7, 11) is 0. The predicted octanol–water partition coefficient (Wildman–Crippen LogP) is 2.70. The number of hydrogen-bond donors (Lipinski definition) is 0. The molecule has 0 heterocycles. The molecule has 0 aromatic heterocycles. The minimum absolute atomic E-state index is 0.00602. The van der Waals surface area contributed by atoms with Crippen LogP contribution in [0.15, 0.2) is 0 Å². The molecule has 0 saturated heterocycles. The fourth-order valence-electron chi connectivity index (χ4n) is 1.12. The van der Waals surface area contributed by atoms with Gasteiger partial charge in [0.25, 0.3) is 0 Å². The summed E-state index contributed by atoms with van der Waals surface area (Å²) in [5.41, 5.74) is 0. The quantitative estimate of drug-likeness (QED) is 0.455. The van der Waals surface area contributed by atoms with Crippen molar-refractivity contribution in [1.82, 2.24) is 0 Å². The molecule has 3 nitrogen and oxygen atoms in total. The summed E-state index contributed by atoms with van der Waals surface area (Å²) in [6.45, 7) is 6.31. The smallest absolute Gasteiger partial charge is 0.298 e. The van der Waals surface area contributed by atoms with E-state index >= 15 is 0 Å². The van der Waals surface area contributed by atoms with Crippen molar-refractivity contribution in [3.63, 3.8) is 0 Å². The minimum Gasteiger partial charge on any atom is -0.298 e. The standard InChI is InChI=1S/C10H20O3/c1-4-7-8-9(5-2)10(11)13-12-6-3/h9H,4-8H2,1-3H3. The average molecular weight is 188 g/mol. The summed E-state index contributed by atoms with van der Waals surface area (Å²) >= 11 is 0. The second-order valence-electron chi connectivity index (χ2n) is 3.06. The van der Waals surface area contributed by atoms with Gasteiger partial charge in [-0.15, -0.1) is 0 Å². The van der Waals surface area contributed by atoms with Gasteiger partial charge in [0, 0.05) is 0 Å². The fraction of sp³-hybridized carbons (Fsp3) is 0.900. The third-order valence-electron chi connectivity index (χ3n) is 1.99. The zero-order chi connectivity index (χ0) is 10.1. The first-order valence-corrected chi connectivity index (χ1v) is 5.09. The molecule has 0 radical (unpaired) electrons. The van der Waals surface area contributed by atoms with Gasteiger partial charge in [-0.25, -0.2) is 4.79 Å². The second kappa shape index (κ2) is 8.05. The second-order valence-corrected chi connectivity index (χ2v) is 3.06. The van der Waals surface area contributed by atoms with Crippen molar-refractivity contribution < 1.29 is 14.6 Å². The van der Waals surface area contributed by atoms with E-state index in [2.05, 4.69) is 16.7 Å². The summed E-state index contributed by atoms with van der Waals surface area (Å²) in [4.78, 5) is 20.5. The van der Waals surface area contributed by atoms with Gasteiger partial charge in [-0.1, -0.05) is 26.7 Å². The van der Waals surface area contributed by atoms with Crippen LogP contribution in [0.1, 0.15) is 46.5 Å². The molecule has 1 atom stereocenters. The Morgan fingerprint density at radius 2 is 2.00 bits per heavy atom. The Hall–Kier alpha value is -0.570. The molecule has 0 amide bonds. The summed E-state index contributed by atoms with van der Waals surface area (Å²) in [5.74, 6) is -0.218. The van der Waals surface area contributed by atoms with Gasteiger partial charge in [0.1, 0.15) is 0 Å². The van der Waals surface area contributed by atoms with E-state index in [1.54, 1.807) is 6.92 Å². The highest BCUT2D eigenvalue weighted by atomic mass is 17.2. The van der Waals surface area contributed by atoms with Crippen LogP contribution < -0.4 is 0 Å². The highest BCUT2D eigenvalue weighted by Gasteiger charge is 2.17. The Kier molecular flexibility index (Phi) is 7.69. The maximum absolute atomic E-state index is 11.3. The van der Waals surface area contributed by atoms with E-state index in [9.17, 15) is 4.79 Å². The molecule has 0 aromatic carbocycles. The highest BCUT2D eigenvalue weighted by molar-refractivity contribution is 5.71. The molecule has 0 rings (SSSR count). The van der Waals surface area contributed by atoms with Crippen molar-refractivity contribution in [3.05, 3.63) is 0 Å². The van der Waals surface area contributed by atoms with E-state index in [-0.39, 0.29) is 11.9 Å². The van der Waals surface area contributed by atoms with Crippen LogP contribution in [0.5, 0.6) is 0 Å². The van der Waals surface area contributed by atoms with Gasteiger partial charge in [-0.3, -0.25) is 4.89 Å². The van der Waals surface area contributed by atoms with E-state index in [1.807, 2.05) is 6.92 Å². The molecule has 0 spiro atoms. The maximum atomic E-state index is 11.3. The molecule has 0 aliphatic heterocycles. The van der Waals surface area contributed by atoms with Gasteiger partial charge in [0.2, 0.25) is 0 Å². The Bertz CT molecular complexity index is 134. The van der Waals surface area contributed by atoms with Crippen LogP contribution in [0.2, 0.25) is 0 Å². The molecular weight excluding hydrogens is 168 g/mol. The van der Waals surface area contributed by atoms with Crippen LogP contribution in [0.25, 0.3) is 0 Å². The van der Waals surface area contributed by atoms with Crippen molar-refractivity contribution in [1.29, 1.82) is 0 Å². The van der Waals surface area contributed by atoms with Gasteiger partial charge >= 0.3 is 5.97 Å². The first-order valence-electron chi connectivity index (χ1n) is 5.09. The SMILES string of the molecule is CCCCC(CC)C(=O)OOCC. The Labute approximate surface area is 80.3 Å². The molecule has 0 fully saturated rings. The molecule has 3 heteroatoms. The van der Waals surface area contributed by atoms with Crippen LogP contribution in [0.4, 0.5) is 0 Å². The van der Waals surface area contributed by atoms with Crippen LogP contribution in [0.3, 0.4) is 0 Å².